The first-order valence-corrected chi connectivity index (χ1v) is 20.5. The fraction of sp³-hybridized carbons (Fsp3) is 0.565. The van der Waals surface area contributed by atoms with Crippen molar-refractivity contribution >= 4 is 28.9 Å². The second kappa shape index (κ2) is 22.9. The number of aliphatic hydroxyl groups excluding tert-OH is 2. The fourth-order valence-electron chi connectivity index (χ4n) is 7.93. The number of aliphatic hydroxyl groups is 2. The monoisotopic (exact) mass is 804 g/mol. The van der Waals surface area contributed by atoms with Crippen LogP contribution in [-0.4, -0.2) is 114 Å². The molecule has 12 atom stereocenters. The lowest BCUT2D eigenvalue weighted by atomic mass is 9.79. The molecule has 318 valence electrons. The molecule has 0 aliphatic carbocycles. The summed E-state index contributed by atoms with van der Waals surface area (Å²) in [4.78, 5) is 45.5. The molecule has 4 rings (SSSR count). The average molecular weight is 805 g/mol. The van der Waals surface area contributed by atoms with Crippen molar-refractivity contribution in [2.75, 3.05) is 27.3 Å². The molecule has 3 heterocycles. The molecule has 0 bridgehead atoms. The number of likely N-dealkylation sites (N-methyl/N-ethyl adjacent to an activating group) is 1. The smallest absolute Gasteiger partial charge is 0.308 e. The molecular formula is C46H64N2O10. The number of benzene rings is 1. The average Bonchev–Trinajstić information content (AvgIpc) is 3.19. The number of fused-ring (bicyclic) bond motifs is 1. The molecule has 1 aromatic carbocycles. The molecule has 58 heavy (non-hydrogen) atoms. The van der Waals surface area contributed by atoms with Crippen LogP contribution < -0.4 is 0 Å². The van der Waals surface area contributed by atoms with Crippen molar-refractivity contribution in [3.63, 3.8) is 0 Å². The number of ketones is 1. The largest absolute Gasteiger partial charge is 0.494 e. The summed E-state index contributed by atoms with van der Waals surface area (Å²) >= 11 is 0. The predicted molar refractivity (Wildman–Crippen MR) is 222 cm³/mol. The normalized spacial score (nSPS) is 33.4. The highest BCUT2D eigenvalue weighted by Gasteiger charge is 2.48. The summed E-state index contributed by atoms with van der Waals surface area (Å²) in [6, 6.07) is 9.43. The van der Waals surface area contributed by atoms with Gasteiger partial charge in [-0.1, -0.05) is 62.8 Å². The van der Waals surface area contributed by atoms with E-state index in [0.29, 0.717) is 19.4 Å². The molecule has 0 amide bonds. The van der Waals surface area contributed by atoms with E-state index in [0.717, 1.165) is 28.3 Å². The molecule has 0 unspecified atom stereocenters. The van der Waals surface area contributed by atoms with Crippen LogP contribution >= 0.6 is 0 Å². The summed E-state index contributed by atoms with van der Waals surface area (Å²) in [7, 11) is 3.67. The topological polar surface area (TPSA) is 154 Å². The number of allylic oxidation sites excluding steroid dienone is 4. The first kappa shape index (κ1) is 46.6. The number of aromatic nitrogens is 1. The van der Waals surface area contributed by atoms with E-state index in [9.17, 15) is 24.6 Å². The summed E-state index contributed by atoms with van der Waals surface area (Å²) in [5, 5.41) is 24.6. The third-order valence-electron chi connectivity index (χ3n) is 11.2. The zero-order valence-electron chi connectivity index (χ0n) is 35.1. The van der Waals surface area contributed by atoms with Gasteiger partial charge in [-0.2, -0.15) is 0 Å². The Labute approximate surface area is 343 Å². The van der Waals surface area contributed by atoms with Crippen molar-refractivity contribution in [3.8, 4) is 0 Å². The van der Waals surface area contributed by atoms with E-state index in [-0.39, 0.29) is 37.6 Å². The summed E-state index contributed by atoms with van der Waals surface area (Å²) in [6.07, 6.45) is 7.64. The number of hydrogen-bond acceptors (Lipinski definition) is 12. The summed E-state index contributed by atoms with van der Waals surface area (Å²) in [5.74, 6) is -2.89. The van der Waals surface area contributed by atoms with Crippen LogP contribution in [0.15, 0.2) is 85.3 Å². The Kier molecular flexibility index (Phi) is 18.4. The van der Waals surface area contributed by atoms with Gasteiger partial charge in [0.2, 0.25) is 0 Å². The molecule has 2 aliphatic rings. The zero-order valence-corrected chi connectivity index (χ0v) is 35.1. The minimum Gasteiger partial charge on any atom is -0.494 e. The molecule has 1 aromatic heterocycles. The van der Waals surface area contributed by atoms with Crippen molar-refractivity contribution in [1.29, 1.82) is 0 Å². The predicted octanol–water partition coefficient (Wildman–Crippen LogP) is 5.94. The number of nitrogens with zero attached hydrogens (tertiary/aromatic N) is 2. The van der Waals surface area contributed by atoms with Gasteiger partial charge in [0, 0.05) is 35.8 Å². The molecule has 1 saturated heterocycles. The second-order valence-corrected chi connectivity index (χ2v) is 16.0. The molecule has 0 spiro atoms. The number of cyclic esters (lactones) is 1. The maximum absolute atomic E-state index is 13.5. The molecule has 1 fully saturated rings. The van der Waals surface area contributed by atoms with Crippen LogP contribution in [0.25, 0.3) is 10.9 Å². The Hall–Kier alpha value is -4.04. The quantitative estimate of drug-likeness (QED) is 0.0764. The highest BCUT2D eigenvalue weighted by Crippen LogP contribution is 2.35. The van der Waals surface area contributed by atoms with E-state index < -0.39 is 72.7 Å². The summed E-state index contributed by atoms with van der Waals surface area (Å²) in [5.41, 5.74) is 2.74. The lowest BCUT2D eigenvalue weighted by molar-refractivity contribution is -0.304. The Morgan fingerprint density at radius 3 is 2.55 bits per heavy atom. The Bertz CT molecular complexity index is 1740. The van der Waals surface area contributed by atoms with Crippen LogP contribution in [0.5, 0.6) is 0 Å². The molecule has 0 radical (unpaired) electrons. The molecule has 12 heteroatoms. The number of carbonyl (C=O) groups excluding carboxylic acids is 3. The van der Waals surface area contributed by atoms with Crippen molar-refractivity contribution in [2.24, 2.45) is 23.7 Å². The highest BCUT2D eigenvalue weighted by molar-refractivity contribution is 5.91. The standard InChI is InChI=1S/C46H64N2O10/c1-9-21-54-28-36-23-29(3)17-18-38(50)30(4)24-35(19-20-49)44(31(5)39(51)26-41(52)57-40(36)10-2)58-46-43(53)42(48(7)8)45(32(6)56-46)55-22-13-14-33-25-34-15-11-12-16-37(34)47-27-33/h9,11-13,15-18,20,22-23,25,27,30-32,35-36,39-40,42-46,51,53H,1,10,14,19,21,24,26,28H2,2-8H3/b18-17+,22-13+,29-23+/t30-,31+,32-,35+,36-,39-,40-,42-,43-,44-,45-,46+/m1/s1. The minimum absolute atomic E-state index is 0.00940. The maximum atomic E-state index is 13.5. The highest BCUT2D eigenvalue weighted by atomic mass is 16.7. The first-order chi connectivity index (χ1) is 27.8. The molecule has 2 aromatic rings. The third kappa shape index (κ3) is 13.0. The van der Waals surface area contributed by atoms with Crippen LogP contribution in [0, 0.1) is 23.7 Å². The molecule has 2 N–H and O–H groups in total. The van der Waals surface area contributed by atoms with Gasteiger partial charge >= 0.3 is 5.97 Å². The van der Waals surface area contributed by atoms with Crippen molar-refractivity contribution in [2.45, 2.75) is 116 Å². The lowest BCUT2D eigenvalue weighted by Crippen LogP contribution is -2.63. The Balaban J connectivity index is 1.57. The number of pyridine rings is 1. The van der Waals surface area contributed by atoms with Gasteiger partial charge in [0.25, 0.3) is 0 Å². The summed E-state index contributed by atoms with van der Waals surface area (Å²) < 4.78 is 30.9. The number of carbonyl (C=O) groups is 3. The van der Waals surface area contributed by atoms with Gasteiger partial charge in [0.15, 0.2) is 12.1 Å². The fourth-order valence-corrected chi connectivity index (χ4v) is 7.93. The molecule has 12 nitrogen and oxygen atoms in total. The van der Waals surface area contributed by atoms with Gasteiger partial charge in [-0.15, -0.1) is 6.58 Å². The molecule has 0 saturated carbocycles. The Morgan fingerprint density at radius 1 is 1.09 bits per heavy atom. The van der Waals surface area contributed by atoms with Gasteiger partial charge < -0.3 is 43.6 Å². The van der Waals surface area contributed by atoms with Crippen LogP contribution in [0.3, 0.4) is 0 Å². The van der Waals surface area contributed by atoms with Crippen LogP contribution in [0.2, 0.25) is 0 Å². The van der Waals surface area contributed by atoms with Crippen molar-refractivity contribution < 1.29 is 48.3 Å². The van der Waals surface area contributed by atoms with Gasteiger partial charge in [0.1, 0.15) is 24.6 Å². The van der Waals surface area contributed by atoms with E-state index in [4.69, 9.17) is 23.7 Å². The summed E-state index contributed by atoms with van der Waals surface area (Å²) in [6.45, 7) is 13.4. The number of esters is 1. The Morgan fingerprint density at radius 2 is 1.84 bits per heavy atom. The van der Waals surface area contributed by atoms with Gasteiger partial charge in [0.05, 0.1) is 55.8 Å². The van der Waals surface area contributed by atoms with E-state index in [1.165, 1.54) is 6.08 Å². The maximum Gasteiger partial charge on any atom is 0.308 e. The number of rotatable bonds is 14. The van der Waals surface area contributed by atoms with E-state index in [1.54, 1.807) is 32.3 Å². The molecular weight excluding hydrogens is 741 g/mol. The number of para-hydroxylation sites is 1. The minimum atomic E-state index is -1.25. The van der Waals surface area contributed by atoms with Crippen molar-refractivity contribution in [3.05, 3.63) is 90.9 Å². The van der Waals surface area contributed by atoms with Crippen LogP contribution in [0.4, 0.5) is 0 Å². The lowest BCUT2D eigenvalue weighted by Gasteiger charge is -2.47. The van der Waals surface area contributed by atoms with Gasteiger partial charge in [-0.3, -0.25) is 14.6 Å². The second-order valence-electron chi connectivity index (χ2n) is 16.0. The van der Waals surface area contributed by atoms with Crippen LogP contribution in [-0.2, 0) is 44.5 Å². The van der Waals surface area contributed by atoms with Crippen LogP contribution in [0.1, 0.15) is 65.9 Å². The SMILES string of the molecule is C=CCOC[C@H]1/C=C(C)/C=C/C(=O)[C@H](C)C[C@H](CC=O)[C@H](O[C@@H]2O[C@H](C)[C@@H](O/C=C/Cc3cnc4ccccc4c3)[C@H](N(C)C)[C@H]2O)[C@@H](C)[C@H](O)CC(=O)O[C@@H]1CC. The number of hydrogen-bond donors (Lipinski definition) is 2. The number of aldehydes is 1. The zero-order chi connectivity index (χ0) is 42.4. The van der Waals surface area contributed by atoms with E-state index in [1.807, 2.05) is 82.4 Å². The first-order valence-electron chi connectivity index (χ1n) is 20.5. The van der Waals surface area contributed by atoms with Gasteiger partial charge in [-0.25, -0.2) is 0 Å². The third-order valence-corrected chi connectivity index (χ3v) is 11.2. The molecule has 2 aliphatic heterocycles. The van der Waals surface area contributed by atoms with E-state index in [2.05, 4.69) is 17.6 Å². The van der Waals surface area contributed by atoms with Gasteiger partial charge in [-0.05, 0) is 83.0 Å². The van der Waals surface area contributed by atoms with Crippen molar-refractivity contribution in [1.82, 2.24) is 9.88 Å². The number of ether oxygens (including phenoxy) is 5. The van der Waals surface area contributed by atoms with E-state index >= 15 is 0 Å².